The first kappa shape index (κ1) is 37.7. The summed E-state index contributed by atoms with van der Waals surface area (Å²) >= 11 is 0. The maximum Gasteiger partial charge on any atom is 0.295 e. The van der Waals surface area contributed by atoms with Crippen molar-refractivity contribution in [3.05, 3.63) is 77.5 Å². The zero-order valence-corrected chi connectivity index (χ0v) is 30.4. The predicted molar refractivity (Wildman–Crippen MR) is 193 cm³/mol. The zero-order chi connectivity index (χ0) is 38.0. The second-order valence-corrected chi connectivity index (χ2v) is 14.3. The third-order valence-electron chi connectivity index (χ3n) is 8.62. The minimum absolute atomic E-state index is 0.0279. The first-order valence-electron chi connectivity index (χ1n) is 16.7. The van der Waals surface area contributed by atoms with E-state index in [0.29, 0.717) is 22.8 Å². The summed E-state index contributed by atoms with van der Waals surface area (Å²) < 4.78 is 24.7. The molecule has 0 saturated heterocycles. The molecule has 1 saturated carbocycles. The topological polar surface area (TPSA) is 220 Å². The van der Waals surface area contributed by atoms with Crippen LogP contribution in [-0.2, 0) is 27.1 Å². The van der Waals surface area contributed by atoms with Crippen LogP contribution in [0.2, 0.25) is 0 Å². The van der Waals surface area contributed by atoms with Crippen molar-refractivity contribution in [1.82, 2.24) is 30.4 Å². The molecule has 3 aromatic heterocycles. The van der Waals surface area contributed by atoms with Crippen LogP contribution in [0.4, 0.5) is 22.9 Å². The standard InChI is InChI=1S/C33H35N9O7S.C2H6/c1-5-50(48,49)20-11-12-35-26(14-20)33(46,47)42(4)32(45)25-13-19-17-41(3)29-21(22(19)16-36-25)7-6-8-23(29)37-24-15-27(38-30(43)18-9-10-18)39-40-28(24)31(44)34-2;1-2/h6-8,11-16,18,46-47H,5,9-10,17H2,1-4H3,(H,34,44)(H2,37,38,39,43);1-2H3. The molecule has 0 bridgehead atoms. The van der Waals surface area contributed by atoms with Crippen LogP contribution in [0.3, 0.4) is 0 Å². The molecule has 0 atom stereocenters. The Morgan fingerprint density at radius 1 is 1.02 bits per heavy atom. The van der Waals surface area contributed by atoms with Gasteiger partial charge in [-0.2, -0.15) is 0 Å². The average molecular weight is 732 g/mol. The molecule has 1 aliphatic carbocycles. The fraction of sp³-hybridized carbons (Fsp3) is 0.343. The highest BCUT2D eigenvalue weighted by Gasteiger charge is 2.39. The van der Waals surface area contributed by atoms with Crippen LogP contribution >= 0.6 is 0 Å². The first-order chi connectivity index (χ1) is 24.7. The molecule has 0 radical (unpaired) electrons. The van der Waals surface area contributed by atoms with Gasteiger partial charge in [-0.25, -0.2) is 8.42 Å². The van der Waals surface area contributed by atoms with E-state index in [9.17, 15) is 33.0 Å². The lowest BCUT2D eigenvalue weighted by molar-refractivity contribution is -0.251. The molecule has 4 heterocycles. The van der Waals surface area contributed by atoms with Crippen molar-refractivity contribution in [3.63, 3.8) is 0 Å². The SMILES string of the molecule is CC.CCS(=O)(=O)c1ccnc(C(O)(O)N(C)C(=O)c2cc3c(cn2)-c2cccc(Nc4cc(NC(=O)C5CC5)nnc4C(=O)NC)c2N(C)C3)c1. The van der Waals surface area contributed by atoms with Crippen LogP contribution < -0.4 is 20.9 Å². The fourth-order valence-corrected chi connectivity index (χ4v) is 6.48. The van der Waals surface area contributed by atoms with E-state index in [2.05, 4.69) is 36.1 Å². The molecular formula is C35H41N9O7S. The Labute approximate surface area is 301 Å². The Morgan fingerprint density at radius 2 is 1.75 bits per heavy atom. The minimum atomic E-state index is -3.68. The van der Waals surface area contributed by atoms with E-state index in [1.165, 1.54) is 26.2 Å². The van der Waals surface area contributed by atoms with Crippen molar-refractivity contribution >= 4 is 50.4 Å². The number of nitrogens with one attached hydrogen (secondary N) is 3. The molecule has 0 unspecified atom stereocenters. The van der Waals surface area contributed by atoms with Gasteiger partial charge in [0.1, 0.15) is 11.4 Å². The highest BCUT2D eigenvalue weighted by molar-refractivity contribution is 7.91. The number of benzene rings is 1. The summed E-state index contributed by atoms with van der Waals surface area (Å²) in [5.74, 6) is -4.48. The average Bonchev–Trinajstić information content (AvgIpc) is 4.01. The molecule has 17 heteroatoms. The van der Waals surface area contributed by atoms with Gasteiger partial charge in [-0.1, -0.05) is 32.9 Å². The van der Waals surface area contributed by atoms with Gasteiger partial charge < -0.3 is 31.1 Å². The van der Waals surface area contributed by atoms with Crippen molar-refractivity contribution in [2.45, 2.75) is 51.0 Å². The number of hydrogen-bond acceptors (Lipinski definition) is 13. The van der Waals surface area contributed by atoms with Crippen molar-refractivity contribution < 1.29 is 33.0 Å². The second kappa shape index (κ2) is 15.0. The largest absolute Gasteiger partial charge is 0.368 e. The molecule has 1 aromatic carbocycles. The van der Waals surface area contributed by atoms with Gasteiger partial charge in [0, 0.05) is 63.2 Å². The van der Waals surface area contributed by atoms with Crippen molar-refractivity contribution in [2.75, 3.05) is 42.4 Å². The number of aromatic nitrogens is 4. The number of nitrogens with zero attached hydrogens (tertiary/aromatic N) is 6. The molecule has 6 rings (SSSR count). The van der Waals surface area contributed by atoms with Crippen molar-refractivity contribution in [2.24, 2.45) is 5.92 Å². The fourth-order valence-electron chi connectivity index (χ4n) is 5.59. The van der Waals surface area contributed by atoms with E-state index in [4.69, 9.17) is 0 Å². The molecule has 1 fully saturated rings. The van der Waals surface area contributed by atoms with E-state index >= 15 is 0 Å². The summed E-state index contributed by atoms with van der Waals surface area (Å²) in [6.07, 6.45) is 4.27. The Hall–Kier alpha value is -5.52. The molecule has 3 amide bonds. The predicted octanol–water partition coefficient (Wildman–Crippen LogP) is 3.02. The maximum atomic E-state index is 13.5. The number of amides is 3. The molecule has 2 aliphatic rings. The normalized spacial score (nSPS) is 13.5. The monoisotopic (exact) mass is 731 g/mol. The van der Waals surface area contributed by atoms with Crippen LogP contribution in [0.5, 0.6) is 0 Å². The number of pyridine rings is 2. The lowest BCUT2D eigenvalue weighted by Crippen LogP contribution is -2.48. The summed E-state index contributed by atoms with van der Waals surface area (Å²) in [7, 11) is 0.794. The number of fused-ring (bicyclic) bond motifs is 3. The van der Waals surface area contributed by atoms with Gasteiger partial charge in [0.05, 0.1) is 27.7 Å². The number of aliphatic hydroxyl groups is 2. The van der Waals surface area contributed by atoms with E-state index in [1.54, 1.807) is 12.1 Å². The summed E-state index contributed by atoms with van der Waals surface area (Å²) in [4.78, 5) is 49.3. The second-order valence-electron chi connectivity index (χ2n) is 12.0. The number of hydrogen-bond donors (Lipinski definition) is 5. The first-order valence-corrected chi connectivity index (χ1v) is 18.3. The summed E-state index contributed by atoms with van der Waals surface area (Å²) in [6.45, 7) is 5.79. The third kappa shape index (κ3) is 7.42. The highest BCUT2D eigenvalue weighted by atomic mass is 32.2. The Bertz CT molecular complexity index is 2140. The quantitative estimate of drug-likeness (QED) is 0.148. The third-order valence-corrected chi connectivity index (χ3v) is 10.3. The van der Waals surface area contributed by atoms with E-state index in [1.807, 2.05) is 44.0 Å². The van der Waals surface area contributed by atoms with Gasteiger partial charge in [-0.3, -0.25) is 29.3 Å². The van der Waals surface area contributed by atoms with Crippen LogP contribution in [0, 0.1) is 5.92 Å². The van der Waals surface area contributed by atoms with Crippen molar-refractivity contribution in [1.29, 1.82) is 0 Å². The number of para-hydroxylation sites is 1. The smallest absolute Gasteiger partial charge is 0.295 e. The molecule has 5 N–H and O–H groups in total. The lowest BCUT2D eigenvalue weighted by atomic mass is 9.93. The molecule has 16 nitrogen and oxygen atoms in total. The van der Waals surface area contributed by atoms with Crippen molar-refractivity contribution in [3.8, 4) is 11.1 Å². The van der Waals surface area contributed by atoms with Crippen LogP contribution in [0.15, 0.2) is 59.8 Å². The Balaban J connectivity index is 0.00000257. The van der Waals surface area contributed by atoms with Crippen LogP contribution in [0.1, 0.15) is 65.8 Å². The van der Waals surface area contributed by atoms with Gasteiger partial charge in [0.15, 0.2) is 21.3 Å². The Morgan fingerprint density at radius 3 is 2.42 bits per heavy atom. The van der Waals surface area contributed by atoms with E-state index < -0.39 is 33.3 Å². The summed E-state index contributed by atoms with van der Waals surface area (Å²) in [5, 5.41) is 38.7. The number of carbonyl (C=O) groups is 3. The Kier molecular flexibility index (Phi) is 10.9. The van der Waals surface area contributed by atoms with E-state index in [0.717, 1.165) is 54.5 Å². The van der Waals surface area contributed by atoms with Gasteiger partial charge >= 0.3 is 0 Å². The molecule has 1 aliphatic heterocycles. The van der Waals surface area contributed by atoms with Crippen LogP contribution in [0.25, 0.3) is 11.1 Å². The summed E-state index contributed by atoms with van der Waals surface area (Å²) in [6, 6.07) is 10.9. The number of rotatable bonds is 10. The minimum Gasteiger partial charge on any atom is -0.368 e. The highest BCUT2D eigenvalue weighted by Crippen LogP contribution is 2.44. The zero-order valence-electron chi connectivity index (χ0n) is 29.6. The van der Waals surface area contributed by atoms with Gasteiger partial charge in [0.2, 0.25) is 5.91 Å². The number of anilines is 4. The molecule has 52 heavy (non-hydrogen) atoms. The van der Waals surface area contributed by atoms with E-state index in [-0.39, 0.29) is 39.7 Å². The maximum absolute atomic E-state index is 13.5. The van der Waals surface area contributed by atoms with Gasteiger partial charge in [-0.15, -0.1) is 10.2 Å². The van der Waals surface area contributed by atoms with Gasteiger partial charge in [0.25, 0.3) is 17.7 Å². The molecule has 4 aromatic rings. The van der Waals surface area contributed by atoms with Gasteiger partial charge in [-0.05, 0) is 42.7 Å². The summed E-state index contributed by atoms with van der Waals surface area (Å²) in [5.41, 5.74) is 3.41. The number of sulfone groups is 1. The molecule has 0 spiro atoms. The molecule has 274 valence electrons. The molecular weight excluding hydrogens is 691 g/mol. The lowest BCUT2D eigenvalue weighted by Gasteiger charge is -2.33. The number of carbonyl (C=O) groups excluding carboxylic acids is 3. The van der Waals surface area contributed by atoms with Crippen LogP contribution in [-0.4, -0.2) is 88.3 Å².